The Bertz CT molecular complexity index is 817. The van der Waals surface area contributed by atoms with E-state index in [-0.39, 0.29) is 16.8 Å². The Morgan fingerprint density at radius 3 is 2.46 bits per heavy atom. The van der Waals surface area contributed by atoms with Crippen molar-refractivity contribution < 1.29 is 17.9 Å². The van der Waals surface area contributed by atoms with Crippen molar-refractivity contribution in [2.45, 2.75) is 24.5 Å². The molecule has 0 bridgehead atoms. The maximum atomic E-state index is 12.3. The predicted octanol–water partition coefficient (Wildman–Crippen LogP) is 1.97. The lowest BCUT2D eigenvalue weighted by Gasteiger charge is -2.15. The molecule has 6 nitrogen and oxygen atoms in total. The number of hydrogen-bond donors (Lipinski definition) is 2. The Labute approximate surface area is 141 Å². The second-order valence-electron chi connectivity index (χ2n) is 5.44. The fourth-order valence-electron chi connectivity index (χ4n) is 2.28. The van der Waals surface area contributed by atoms with Crippen LogP contribution in [0.1, 0.15) is 34.5 Å². The highest BCUT2D eigenvalue weighted by Crippen LogP contribution is 2.16. The number of rotatable bonds is 6. The molecule has 24 heavy (non-hydrogen) atoms. The van der Waals surface area contributed by atoms with Crippen molar-refractivity contribution in [2.75, 3.05) is 7.11 Å². The largest absolute Gasteiger partial charge is 0.380 e. The Balaban J connectivity index is 2.10. The molecule has 128 valence electrons. The molecule has 0 radical (unpaired) electrons. The summed E-state index contributed by atoms with van der Waals surface area (Å²) in [4.78, 5) is 12.4. The van der Waals surface area contributed by atoms with E-state index in [0.29, 0.717) is 12.2 Å². The first-order valence-electron chi connectivity index (χ1n) is 7.33. The Kier molecular flexibility index (Phi) is 5.71. The molecule has 0 saturated carbocycles. The van der Waals surface area contributed by atoms with Crippen molar-refractivity contribution in [1.29, 1.82) is 0 Å². The van der Waals surface area contributed by atoms with Gasteiger partial charge < -0.3 is 10.1 Å². The van der Waals surface area contributed by atoms with Gasteiger partial charge in [-0.2, -0.15) is 0 Å². The average Bonchev–Trinajstić information content (AvgIpc) is 2.54. The number of primary sulfonamides is 1. The first-order chi connectivity index (χ1) is 11.3. The lowest BCUT2D eigenvalue weighted by molar-refractivity contribution is 0.0939. The summed E-state index contributed by atoms with van der Waals surface area (Å²) in [6.45, 7) is 2.26. The zero-order chi connectivity index (χ0) is 17.7. The van der Waals surface area contributed by atoms with Crippen molar-refractivity contribution >= 4 is 15.9 Å². The normalized spacial score (nSPS) is 12.6. The van der Waals surface area contributed by atoms with Gasteiger partial charge in [-0.3, -0.25) is 4.79 Å². The fourth-order valence-corrected chi connectivity index (χ4v) is 2.79. The van der Waals surface area contributed by atoms with Crippen LogP contribution >= 0.6 is 0 Å². The van der Waals surface area contributed by atoms with Gasteiger partial charge in [-0.15, -0.1) is 0 Å². The number of nitrogens with one attached hydrogen (secondary N) is 1. The summed E-state index contributed by atoms with van der Waals surface area (Å²) in [6.07, 6.45) is 0. The minimum Gasteiger partial charge on any atom is -0.380 e. The minimum atomic E-state index is -3.72. The van der Waals surface area contributed by atoms with Gasteiger partial charge in [0.2, 0.25) is 10.0 Å². The minimum absolute atomic E-state index is 0.0389. The summed E-state index contributed by atoms with van der Waals surface area (Å²) < 4.78 is 27.6. The number of carbonyl (C=O) groups is 1. The highest BCUT2D eigenvalue weighted by molar-refractivity contribution is 7.89. The lowest BCUT2D eigenvalue weighted by Crippen LogP contribution is -2.26. The summed E-state index contributed by atoms with van der Waals surface area (Å²) in [5, 5.41) is 7.95. The summed E-state index contributed by atoms with van der Waals surface area (Å²) in [5.41, 5.74) is 2.23. The number of benzene rings is 2. The van der Waals surface area contributed by atoms with Crippen LogP contribution in [0.3, 0.4) is 0 Å². The Hall–Kier alpha value is -2.22. The van der Waals surface area contributed by atoms with Crippen LogP contribution in [0.4, 0.5) is 0 Å². The van der Waals surface area contributed by atoms with Gasteiger partial charge >= 0.3 is 0 Å². The van der Waals surface area contributed by atoms with Crippen molar-refractivity contribution in [1.82, 2.24) is 5.32 Å². The zero-order valence-electron chi connectivity index (χ0n) is 13.5. The van der Waals surface area contributed by atoms with E-state index in [1.807, 2.05) is 13.0 Å². The molecule has 0 unspecified atom stereocenters. The van der Waals surface area contributed by atoms with E-state index in [1.165, 1.54) is 12.1 Å². The van der Waals surface area contributed by atoms with Crippen LogP contribution in [0.15, 0.2) is 53.4 Å². The topological polar surface area (TPSA) is 98.5 Å². The lowest BCUT2D eigenvalue weighted by atomic mass is 10.1. The number of amides is 1. The first kappa shape index (κ1) is 18.1. The van der Waals surface area contributed by atoms with Gasteiger partial charge in [0.05, 0.1) is 17.5 Å². The van der Waals surface area contributed by atoms with Gasteiger partial charge in [0, 0.05) is 12.7 Å². The number of sulfonamides is 1. The first-order valence-corrected chi connectivity index (χ1v) is 8.87. The molecule has 1 atom stereocenters. The van der Waals surface area contributed by atoms with Crippen molar-refractivity contribution in [2.24, 2.45) is 5.14 Å². The second kappa shape index (κ2) is 7.57. The van der Waals surface area contributed by atoms with Gasteiger partial charge in [0.15, 0.2) is 0 Å². The molecule has 2 aromatic rings. The van der Waals surface area contributed by atoms with Gasteiger partial charge in [-0.05, 0) is 42.3 Å². The number of hydrogen-bond acceptors (Lipinski definition) is 4. The highest BCUT2D eigenvalue weighted by Gasteiger charge is 2.13. The smallest absolute Gasteiger partial charge is 0.251 e. The third-order valence-electron chi connectivity index (χ3n) is 3.56. The molecule has 2 aromatic carbocycles. The van der Waals surface area contributed by atoms with Crippen molar-refractivity contribution in [3.8, 4) is 0 Å². The SMILES string of the molecule is COCc1cccc(C(=O)N[C@H](C)c2ccc(S(N)(=O)=O)cc2)c1. The molecule has 0 fully saturated rings. The van der Waals surface area contributed by atoms with Crippen LogP contribution in [0.25, 0.3) is 0 Å². The number of nitrogens with two attached hydrogens (primary N) is 1. The molecule has 0 heterocycles. The maximum Gasteiger partial charge on any atom is 0.251 e. The van der Waals surface area contributed by atoms with Crippen LogP contribution in [-0.2, 0) is 21.4 Å². The van der Waals surface area contributed by atoms with Crippen LogP contribution in [0.2, 0.25) is 0 Å². The summed E-state index contributed by atoms with van der Waals surface area (Å²) in [6, 6.07) is 13.0. The quantitative estimate of drug-likeness (QED) is 0.834. The average molecular weight is 348 g/mol. The molecular formula is C17H20N2O4S. The summed E-state index contributed by atoms with van der Waals surface area (Å²) in [5.74, 6) is -0.212. The van der Waals surface area contributed by atoms with E-state index in [1.54, 1.807) is 37.4 Å². The number of methoxy groups -OCH3 is 1. The van der Waals surface area contributed by atoms with E-state index in [4.69, 9.17) is 9.88 Å². The van der Waals surface area contributed by atoms with Gasteiger partial charge in [0.1, 0.15) is 0 Å². The Morgan fingerprint density at radius 2 is 1.88 bits per heavy atom. The van der Waals surface area contributed by atoms with E-state index >= 15 is 0 Å². The van der Waals surface area contributed by atoms with Crippen molar-refractivity contribution in [3.05, 3.63) is 65.2 Å². The van der Waals surface area contributed by atoms with E-state index in [0.717, 1.165) is 11.1 Å². The predicted molar refractivity (Wildman–Crippen MR) is 90.9 cm³/mol. The molecule has 2 rings (SSSR count). The van der Waals surface area contributed by atoms with Crippen LogP contribution in [0.5, 0.6) is 0 Å². The molecule has 1 amide bonds. The third kappa shape index (κ3) is 4.64. The Morgan fingerprint density at radius 1 is 1.21 bits per heavy atom. The van der Waals surface area contributed by atoms with Crippen LogP contribution < -0.4 is 10.5 Å². The standard InChI is InChI=1S/C17H20N2O4S/c1-12(14-6-8-16(9-7-14)24(18,21)22)19-17(20)15-5-3-4-13(10-15)11-23-2/h3-10,12H,11H2,1-2H3,(H,19,20)(H2,18,21,22)/t12-/m1/s1. The molecular weight excluding hydrogens is 328 g/mol. The molecule has 0 spiro atoms. The molecule has 0 aromatic heterocycles. The molecule has 0 saturated heterocycles. The van der Waals surface area contributed by atoms with Crippen LogP contribution in [0, 0.1) is 0 Å². The molecule has 0 aliphatic heterocycles. The van der Waals surface area contributed by atoms with Gasteiger partial charge in [0.25, 0.3) is 5.91 Å². The maximum absolute atomic E-state index is 12.3. The molecule has 0 aliphatic carbocycles. The van der Waals surface area contributed by atoms with Gasteiger partial charge in [-0.25, -0.2) is 13.6 Å². The summed E-state index contributed by atoms with van der Waals surface area (Å²) in [7, 11) is -2.12. The molecule has 0 aliphatic rings. The second-order valence-corrected chi connectivity index (χ2v) is 7.00. The fraction of sp³-hybridized carbons (Fsp3) is 0.235. The number of ether oxygens (including phenoxy) is 1. The highest BCUT2D eigenvalue weighted by atomic mass is 32.2. The number of carbonyl (C=O) groups excluding carboxylic acids is 1. The van der Waals surface area contributed by atoms with E-state index in [9.17, 15) is 13.2 Å². The zero-order valence-corrected chi connectivity index (χ0v) is 14.3. The molecule has 7 heteroatoms. The third-order valence-corrected chi connectivity index (χ3v) is 4.49. The summed E-state index contributed by atoms with van der Waals surface area (Å²) >= 11 is 0. The van der Waals surface area contributed by atoms with E-state index < -0.39 is 10.0 Å². The van der Waals surface area contributed by atoms with Crippen LogP contribution in [-0.4, -0.2) is 21.4 Å². The van der Waals surface area contributed by atoms with E-state index in [2.05, 4.69) is 5.32 Å². The van der Waals surface area contributed by atoms with Gasteiger partial charge in [-0.1, -0.05) is 24.3 Å². The molecule has 3 N–H and O–H groups in total. The van der Waals surface area contributed by atoms with Crippen molar-refractivity contribution in [3.63, 3.8) is 0 Å². The monoisotopic (exact) mass is 348 g/mol.